The van der Waals surface area contributed by atoms with E-state index in [0.29, 0.717) is 10.9 Å². The van der Waals surface area contributed by atoms with Gasteiger partial charge in [-0.3, -0.25) is 4.79 Å². The molecule has 0 aromatic carbocycles. The maximum Gasteiger partial charge on any atom is 0.340 e. The summed E-state index contributed by atoms with van der Waals surface area (Å²) in [6.45, 7) is 7.03. The van der Waals surface area contributed by atoms with Crippen molar-refractivity contribution in [2.24, 2.45) is 0 Å². The number of ether oxygens (including phenoxy) is 2. The molecule has 0 saturated carbocycles. The average Bonchev–Trinajstić information content (AvgIpc) is 2.33. The Morgan fingerprint density at radius 2 is 1.58 bits per heavy atom. The normalized spacial score (nSPS) is 9.89. The molecule has 0 unspecified atom stereocenters. The number of esters is 2. The van der Waals surface area contributed by atoms with Crippen molar-refractivity contribution in [3.8, 4) is 0 Å². The summed E-state index contributed by atoms with van der Waals surface area (Å²) in [6.07, 6.45) is 0.517. The maximum atomic E-state index is 11.6. The van der Waals surface area contributed by atoms with Gasteiger partial charge >= 0.3 is 11.9 Å². The number of halogens is 1. The minimum absolute atomic E-state index is 0.111. The second kappa shape index (κ2) is 9.55. The predicted octanol–water partition coefficient (Wildman–Crippen LogP) is 1.29. The molecule has 0 aromatic rings. The van der Waals surface area contributed by atoms with Crippen LogP contribution in [0.25, 0.3) is 0 Å². The van der Waals surface area contributed by atoms with E-state index in [9.17, 15) is 14.4 Å². The summed E-state index contributed by atoms with van der Waals surface area (Å²) in [5.41, 5.74) is 0. The lowest BCUT2D eigenvalue weighted by Gasteiger charge is -2.15. The second-order valence-electron chi connectivity index (χ2n) is 3.52. The highest BCUT2D eigenvalue weighted by molar-refractivity contribution is 9.11. The molecule has 0 fully saturated rings. The van der Waals surface area contributed by atoms with Crippen molar-refractivity contribution in [1.82, 2.24) is 5.32 Å². The highest BCUT2D eigenvalue weighted by Gasteiger charge is 2.30. The first-order valence-electron chi connectivity index (χ1n) is 5.88. The Labute approximate surface area is 120 Å². The third kappa shape index (κ3) is 7.61. The smallest absolute Gasteiger partial charge is 0.340 e. The molecule has 0 aliphatic carbocycles. The van der Waals surface area contributed by atoms with Gasteiger partial charge in [-0.15, -0.1) is 0 Å². The number of carbonyl (C=O) groups excluding carboxylic acids is 3. The molecular weight excluding hydrogens is 318 g/mol. The molecule has 6 nitrogen and oxygen atoms in total. The van der Waals surface area contributed by atoms with Crippen LogP contribution >= 0.6 is 15.9 Å². The van der Waals surface area contributed by atoms with Crippen molar-refractivity contribution in [1.29, 1.82) is 0 Å². The Balaban J connectivity index is 4.57. The fraction of sp³-hybridized carbons (Fsp3) is 0.583. The minimum atomic E-state index is -1.42. The van der Waals surface area contributed by atoms with E-state index in [0.717, 1.165) is 0 Å². The molecule has 0 rings (SSSR count). The van der Waals surface area contributed by atoms with Gasteiger partial charge in [0.15, 0.2) is 0 Å². The molecule has 1 amide bonds. The van der Waals surface area contributed by atoms with E-state index < -0.39 is 23.9 Å². The third-order valence-electron chi connectivity index (χ3n) is 1.97. The van der Waals surface area contributed by atoms with Crippen molar-refractivity contribution in [2.45, 2.75) is 32.7 Å². The number of amides is 1. The Bertz CT molecular complexity index is 338. The van der Waals surface area contributed by atoms with Crippen LogP contribution in [0, 0.1) is 0 Å². The number of allylic oxidation sites excluding steroid dienone is 1. The molecule has 0 aliphatic rings. The highest BCUT2D eigenvalue weighted by Crippen LogP contribution is 2.09. The quantitative estimate of drug-likeness (QED) is 0.533. The molecule has 0 aliphatic heterocycles. The summed E-state index contributed by atoms with van der Waals surface area (Å²) in [7, 11) is 0. The topological polar surface area (TPSA) is 81.7 Å². The number of hydrogen-bond donors (Lipinski definition) is 1. The number of rotatable bonds is 8. The standard InChI is InChI=1S/C12H18BrNO5/c1-4-18-11(16)10(12(17)19-5-2)14-9(15)7-6-8(3)13/h10H,3-7H2,1-2H3,(H,14,15). The molecule has 0 spiro atoms. The van der Waals surface area contributed by atoms with Crippen molar-refractivity contribution < 1.29 is 23.9 Å². The van der Waals surface area contributed by atoms with Crippen molar-refractivity contribution in [3.63, 3.8) is 0 Å². The summed E-state index contributed by atoms with van der Waals surface area (Å²) in [4.78, 5) is 34.7. The van der Waals surface area contributed by atoms with Crippen LogP contribution < -0.4 is 5.32 Å². The van der Waals surface area contributed by atoms with E-state index in [1.54, 1.807) is 13.8 Å². The summed E-state index contributed by atoms with van der Waals surface area (Å²) in [5.74, 6) is -2.11. The van der Waals surface area contributed by atoms with Crippen LogP contribution in [0.1, 0.15) is 26.7 Å². The molecule has 0 atom stereocenters. The van der Waals surface area contributed by atoms with Gasteiger partial charge in [-0.25, -0.2) is 9.59 Å². The fourth-order valence-corrected chi connectivity index (χ4v) is 1.35. The zero-order valence-corrected chi connectivity index (χ0v) is 12.6. The van der Waals surface area contributed by atoms with Crippen LogP contribution in [0.15, 0.2) is 11.1 Å². The summed E-state index contributed by atoms with van der Waals surface area (Å²) < 4.78 is 10.1. The van der Waals surface area contributed by atoms with Crippen LogP contribution in [-0.2, 0) is 23.9 Å². The van der Waals surface area contributed by atoms with E-state index in [2.05, 4.69) is 27.8 Å². The third-order valence-corrected chi connectivity index (χ3v) is 2.37. The lowest BCUT2D eigenvalue weighted by atomic mass is 10.2. The molecule has 0 bridgehead atoms. The van der Waals surface area contributed by atoms with Crippen LogP contribution in [0.4, 0.5) is 0 Å². The van der Waals surface area contributed by atoms with Gasteiger partial charge in [-0.2, -0.15) is 0 Å². The average molecular weight is 336 g/mol. The van der Waals surface area contributed by atoms with E-state index in [1.807, 2.05) is 0 Å². The number of nitrogens with one attached hydrogen (secondary N) is 1. The van der Waals surface area contributed by atoms with Gasteiger partial charge in [-0.05, 0) is 24.8 Å². The molecule has 7 heteroatoms. The number of carbonyl (C=O) groups is 3. The SMILES string of the molecule is C=C(Br)CCC(=O)NC(C(=O)OCC)C(=O)OCC. The lowest BCUT2D eigenvalue weighted by Crippen LogP contribution is -2.48. The van der Waals surface area contributed by atoms with Gasteiger partial charge < -0.3 is 14.8 Å². The van der Waals surface area contributed by atoms with Crippen molar-refractivity contribution >= 4 is 33.8 Å². The van der Waals surface area contributed by atoms with Gasteiger partial charge in [0.2, 0.25) is 11.9 Å². The van der Waals surface area contributed by atoms with E-state index in [-0.39, 0.29) is 19.6 Å². The maximum absolute atomic E-state index is 11.6. The van der Waals surface area contributed by atoms with Crippen LogP contribution in [0.5, 0.6) is 0 Å². The Hall–Kier alpha value is -1.37. The zero-order valence-electron chi connectivity index (χ0n) is 11.0. The molecule has 0 aromatic heterocycles. The number of hydrogen-bond acceptors (Lipinski definition) is 5. The van der Waals surface area contributed by atoms with E-state index in [4.69, 9.17) is 9.47 Å². The Kier molecular flexibility index (Phi) is 8.86. The van der Waals surface area contributed by atoms with E-state index >= 15 is 0 Å². The van der Waals surface area contributed by atoms with Crippen LogP contribution in [0.2, 0.25) is 0 Å². The molecule has 108 valence electrons. The van der Waals surface area contributed by atoms with Crippen molar-refractivity contribution in [3.05, 3.63) is 11.1 Å². The fourth-order valence-electron chi connectivity index (χ4n) is 1.15. The molecule has 1 N–H and O–H groups in total. The summed E-state index contributed by atoms with van der Waals surface area (Å²) in [5, 5.41) is 2.29. The van der Waals surface area contributed by atoms with Crippen molar-refractivity contribution in [2.75, 3.05) is 13.2 Å². The summed E-state index contributed by atoms with van der Waals surface area (Å²) in [6, 6.07) is -1.42. The van der Waals surface area contributed by atoms with Gasteiger partial charge in [0.25, 0.3) is 0 Å². The predicted molar refractivity (Wildman–Crippen MR) is 72.5 cm³/mol. The van der Waals surface area contributed by atoms with Crippen LogP contribution in [0.3, 0.4) is 0 Å². The first-order chi connectivity index (χ1) is 8.92. The first-order valence-corrected chi connectivity index (χ1v) is 6.67. The van der Waals surface area contributed by atoms with Gasteiger partial charge in [0, 0.05) is 6.42 Å². The van der Waals surface area contributed by atoms with E-state index in [1.165, 1.54) is 0 Å². The largest absolute Gasteiger partial charge is 0.464 e. The Morgan fingerprint density at radius 1 is 1.11 bits per heavy atom. The zero-order chi connectivity index (χ0) is 14.8. The van der Waals surface area contributed by atoms with Gasteiger partial charge in [0.05, 0.1) is 13.2 Å². The minimum Gasteiger partial charge on any atom is -0.464 e. The molecular formula is C12H18BrNO5. The molecule has 0 saturated heterocycles. The monoisotopic (exact) mass is 335 g/mol. The second-order valence-corrected chi connectivity index (χ2v) is 4.64. The lowest BCUT2D eigenvalue weighted by molar-refractivity contribution is -0.159. The molecule has 0 heterocycles. The first kappa shape index (κ1) is 17.6. The highest BCUT2D eigenvalue weighted by atomic mass is 79.9. The molecule has 0 radical (unpaired) electrons. The van der Waals surface area contributed by atoms with Gasteiger partial charge in [0.1, 0.15) is 0 Å². The van der Waals surface area contributed by atoms with Crippen LogP contribution in [-0.4, -0.2) is 37.1 Å². The molecule has 19 heavy (non-hydrogen) atoms. The van der Waals surface area contributed by atoms with Gasteiger partial charge in [-0.1, -0.05) is 22.5 Å². The summed E-state index contributed by atoms with van der Waals surface area (Å²) >= 11 is 3.12. The Morgan fingerprint density at radius 3 is 1.95 bits per heavy atom.